The maximum absolute atomic E-state index is 12.2. The fraction of sp³-hybridized carbons (Fsp3) is 0.188. The fourth-order valence-corrected chi connectivity index (χ4v) is 3.19. The minimum atomic E-state index is -3.55. The number of anilines is 2. The van der Waals surface area contributed by atoms with Crippen molar-refractivity contribution < 1.29 is 13.2 Å². The van der Waals surface area contributed by atoms with Crippen LogP contribution in [-0.2, 0) is 14.8 Å². The second-order valence-corrected chi connectivity index (χ2v) is 8.31. The number of sulfonamides is 1. The van der Waals surface area contributed by atoms with Gasteiger partial charge in [0.05, 0.1) is 11.9 Å². The molecule has 0 aliphatic heterocycles. The molecule has 0 aliphatic carbocycles. The van der Waals surface area contributed by atoms with E-state index in [9.17, 15) is 13.2 Å². The molecule has 0 aliphatic rings. The highest BCUT2D eigenvalue weighted by molar-refractivity contribution is 14.1. The van der Waals surface area contributed by atoms with Crippen LogP contribution in [0.4, 0.5) is 11.4 Å². The van der Waals surface area contributed by atoms with E-state index in [0.29, 0.717) is 11.4 Å². The number of rotatable bonds is 5. The predicted octanol–water partition coefficient (Wildman–Crippen LogP) is 3.00. The lowest BCUT2D eigenvalue weighted by molar-refractivity contribution is -0.114. The summed E-state index contributed by atoms with van der Waals surface area (Å²) in [7, 11) is -3.55. The van der Waals surface area contributed by atoms with Crippen LogP contribution in [0.1, 0.15) is 5.56 Å². The number of halogens is 1. The molecule has 0 bridgehead atoms. The van der Waals surface area contributed by atoms with Crippen molar-refractivity contribution in [2.45, 2.75) is 6.92 Å². The number of amides is 1. The first-order chi connectivity index (χ1) is 10.8. The largest absolute Gasteiger partial charge is 0.325 e. The van der Waals surface area contributed by atoms with Crippen LogP contribution in [0, 0.1) is 10.5 Å². The summed E-state index contributed by atoms with van der Waals surface area (Å²) in [6.45, 7) is 1.64. The Morgan fingerprint density at radius 1 is 1.09 bits per heavy atom. The molecule has 5 nitrogen and oxygen atoms in total. The van der Waals surface area contributed by atoms with Gasteiger partial charge in [-0.05, 0) is 65.9 Å². The Morgan fingerprint density at radius 3 is 2.17 bits per heavy atom. The summed E-state index contributed by atoms with van der Waals surface area (Å²) in [5.41, 5.74) is 2.12. The van der Waals surface area contributed by atoms with Gasteiger partial charge in [0, 0.05) is 9.26 Å². The molecule has 0 saturated heterocycles. The predicted molar refractivity (Wildman–Crippen MR) is 101 cm³/mol. The second kappa shape index (κ2) is 7.31. The molecule has 1 amide bonds. The van der Waals surface area contributed by atoms with Gasteiger partial charge in [-0.3, -0.25) is 9.10 Å². The molecule has 2 aromatic rings. The zero-order chi connectivity index (χ0) is 17.0. The third-order valence-electron chi connectivity index (χ3n) is 3.14. The SMILES string of the molecule is Cc1ccc(N(CC(=O)Nc2ccc(I)cc2)S(C)(=O)=O)cc1. The lowest BCUT2D eigenvalue weighted by Crippen LogP contribution is -2.37. The number of hydrogen-bond donors (Lipinski definition) is 1. The molecule has 0 atom stereocenters. The lowest BCUT2D eigenvalue weighted by atomic mass is 10.2. The van der Waals surface area contributed by atoms with Gasteiger partial charge in [-0.25, -0.2) is 8.42 Å². The van der Waals surface area contributed by atoms with Crippen molar-refractivity contribution in [2.24, 2.45) is 0 Å². The zero-order valence-electron chi connectivity index (χ0n) is 12.8. The molecule has 2 rings (SSSR count). The van der Waals surface area contributed by atoms with Gasteiger partial charge in [0.1, 0.15) is 6.54 Å². The number of benzene rings is 2. The normalized spacial score (nSPS) is 11.1. The molecule has 23 heavy (non-hydrogen) atoms. The molecular weight excluding hydrogens is 427 g/mol. The third-order valence-corrected chi connectivity index (χ3v) is 5.00. The van der Waals surface area contributed by atoms with Crippen molar-refractivity contribution in [3.05, 3.63) is 57.7 Å². The van der Waals surface area contributed by atoms with Crippen molar-refractivity contribution in [3.8, 4) is 0 Å². The molecule has 0 radical (unpaired) electrons. The van der Waals surface area contributed by atoms with Crippen LogP contribution in [0.15, 0.2) is 48.5 Å². The molecule has 0 saturated carbocycles. The number of carbonyl (C=O) groups is 1. The minimum absolute atomic E-state index is 0.270. The quantitative estimate of drug-likeness (QED) is 0.722. The summed E-state index contributed by atoms with van der Waals surface area (Å²) < 4.78 is 26.1. The topological polar surface area (TPSA) is 66.5 Å². The molecule has 1 N–H and O–H groups in total. The Hall–Kier alpha value is -1.61. The summed E-state index contributed by atoms with van der Waals surface area (Å²) in [5, 5.41) is 2.70. The average molecular weight is 444 g/mol. The van der Waals surface area contributed by atoms with Gasteiger partial charge in [-0.1, -0.05) is 17.7 Å². The Labute approximate surface area is 149 Å². The Bertz CT molecular complexity index is 787. The smallest absolute Gasteiger partial charge is 0.245 e. The molecule has 0 spiro atoms. The van der Waals surface area contributed by atoms with Crippen LogP contribution in [0.2, 0.25) is 0 Å². The second-order valence-electron chi connectivity index (χ2n) is 5.16. The van der Waals surface area contributed by atoms with Crippen molar-refractivity contribution >= 4 is 49.9 Å². The van der Waals surface area contributed by atoms with Crippen LogP contribution < -0.4 is 9.62 Å². The summed E-state index contributed by atoms with van der Waals surface area (Å²) in [6, 6.07) is 14.3. The summed E-state index contributed by atoms with van der Waals surface area (Å²) in [6.07, 6.45) is 1.09. The summed E-state index contributed by atoms with van der Waals surface area (Å²) >= 11 is 2.17. The van der Waals surface area contributed by atoms with Crippen LogP contribution in [0.25, 0.3) is 0 Å². The van der Waals surface area contributed by atoms with Gasteiger partial charge >= 0.3 is 0 Å². The Balaban J connectivity index is 2.16. The minimum Gasteiger partial charge on any atom is -0.325 e. The molecular formula is C16H17IN2O3S. The third kappa shape index (κ3) is 5.21. The van der Waals surface area contributed by atoms with Gasteiger partial charge in [-0.2, -0.15) is 0 Å². The van der Waals surface area contributed by atoms with Gasteiger partial charge in [0.15, 0.2) is 0 Å². The number of nitrogens with zero attached hydrogens (tertiary/aromatic N) is 1. The molecule has 2 aromatic carbocycles. The van der Waals surface area contributed by atoms with Crippen molar-refractivity contribution in [1.29, 1.82) is 0 Å². The highest BCUT2D eigenvalue weighted by atomic mass is 127. The highest BCUT2D eigenvalue weighted by Gasteiger charge is 2.20. The summed E-state index contributed by atoms with van der Waals surface area (Å²) in [4.78, 5) is 12.2. The number of nitrogens with one attached hydrogen (secondary N) is 1. The van der Waals surface area contributed by atoms with Gasteiger partial charge in [-0.15, -0.1) is 0 Å². The van der Waals surface area contributed by atoms with Crippen molar-refractivity contribution in [3.63, 3.8) is 0 Å². The fourth-order valence-electron chi connectivity index (χ4n) is 1.98. The van der Waals surface area contributed by atoms with Crippen LogP contribution in [-0.4, -0.2) is 27.1 Å². The van der Waals surface area contributed by atoms with Crippen molar-refractivity contribution in [2.75, 3.05) is 22.4 Å². The van der Waals surface area contributed by atoms with E-state index in [-0.39, 0.29) is 6.54 Å². The maximum atomic E-state index is 12.2. The summed E-state index contributed by atoms with van der Waals surface area (Å²) in [5.74, 6) is -0.391. The van der Waals surface area contributed by atoms with Gasteiger partial charge in [0.25, 0.3) is 0 Å². The van der Waals surface area contributed by atoms with E-state index in [1.807, 2.05) is 31.2 Å². The number of aryl methyl sites for hydroxylation is 1. The first-order valence-corrected chi connectivity index (χ1v) is 9.78. The Kier molecular flexibility index (Phi) is 5.64. The first kappa shape index (κ1) is 17.7. The number of hydrogen-bond acceptors (Lipinski definition) is 3. The average Bonchev–Trinajstić information content (AvgIpc) is 2.47. The van der Waals surface area contributed by atoms with E-state index >= 15 is 0 Å². The molecule has 122 valence electrons. The first-order valence-electron chi connectivity index (χ1n) is 6.85. The molecule has 0 heterocycles. The lowest BCUT2D eigenvalue weighted by Gasteiger charge is -2.22. The van der Waals surface area contributed by atoms with Crippen LogP contribution in [0.3, 0.4) is 0 Å². The molecule has 0 fully saturated rings. The number of carbonyl (C=O) groups excluding carboxylic acids is 1. The van der Waals surface area contributed by atoms with Crippen molar-refractivity contribution in [1.82, 2.24) is 0 Å². The van der Waals surface area contributed by atoms with E-state index in [1.165, 1.54) is 0 Å². The molecule has 0 aromatic heterocycles. The monoisotopic (exact) mass is 444 g/mol. The van der Waals surface area contributed by atoms with E-state index < -0.39 is 15.9 Å². The van der Waals surface area contributed by atoms with Gasteiger partial charge < -0.3 is 5.32 Å². The van der Waals surface area contributed by atoms with E-state index in [1.54, 1.807) is 24.3 Å². The van der Waals surface area contributed by atoms with E-state index in [4.69, 9.17) is 0 Å². The molecule has 0 unspecified atom stereocenters. The van der Waals surface area contributed by atoms with Gasteiger partial charge in [0.2, 0.25) is 15.9 Å². The standard InChI is InChI=1S/C16H17IN2O3S/c1-12-3-9-15(10-4-12)19(23(2,21)22)11-16(20)18-14-7-5-13(17)6-8-14/h3-10H,11H2,1-2H3,(H,18,20). The van der Waals surface area contributed by atoms with Crippen LogP contribution >= 0.6 is 22.6 Å². The van der Waals surface area contributed by atoms with Crippen LogP contribution in [0.5, 0.6) is 0 Å². The van der Waals surface area contributed by atoms with E-state index in [0.717, 1.165) is 19.7 Å². The van der Waals surface area contributed by atoms with E-state index in [2.05, 4.69) is 27.9 Å². The highest BCUT2D eigenvalue weighted by Crippen LogP contribution is 2.18. The maximum Gasteiger partial charge on any atom is 0.245 e. The molecule has 7 heteroatoms. The Morgan fingerprint density at radius 2 is 1.65 bits per heavy atom. The zero-order valence-corrected chi connectivity index (χ0v) is 15.8.